The second kappa shape index (κ2) is 9.87. The van der Waals surface area contributed by atoms with Crippen LogP contribution >= 0.6 is 11.6 Å². The van der Waals surface area contributed by atoms with E-state index in [1.807, 2.05) is 25.2 Å². The highest BCUT2D eigenvalue weighted by atomic mass is 35.5. The number of esters is 2. The molecule has 1 atom stereocenters. The highest BCUT2D eigenvalue weighted by Gasteiger charge is 2.19. The van der Waals surface area contributed by atoms with E-state index >= 15 is 0 Å². The molecule has 0 bridgehead atoms. The summed E-state index contributed by atoms with van der Waals surface area (Å²) in [5.74, 6) is -1.51. The van der Waals surface area contributed by atoms with Gasteiger partial charge < -0.3 is 19.7 Å². The lowest BCUT2D eigenvalue weighted by Crippen LogP contribution is -3.08. The first-order chi connectivity index (χ1) is 13.3. The largest absolute Gasteiger partial charge is 0.465 e. The zero-order valence-electron chi connectivity index (χ0n) is 15.9. The van der Waals surface area contributed by atoms with Crippen molar-refractivity contribution in [2.24, 2.45) is 0 Å². The van der Waals surface area contributed by atoms with Crippen LogP contribution in [0.5, 0.6) is 0 Å². The van der Waals surface area contributed by atoms with Gasteiger partial charge in [0.05, 0.1) is 38.1 Å². The number of carbonyl (C=O) groups excluding carboxylic acids is 3. The van der Waals surface area contributed by atoms with Crippen LogP contribution in [0.4, 0.5) is 5.69 Å². The predicted octanol–water partition coefficient (Wildman–Crippen LogP) is 1.57. The molecule has 0 heterocycles. The average molecular weight is 406 g/mol. The van der Waals surface area contributed by atoms with Crippen LogP contribution in [0, 0.1) is 0 Å². The maximum absolute atomic E-state index is 12.5. The molecule has 2 aromatic carbocycles. The number of halogens is 1. The van der Waals surface area contributed by atoms with Gasteiger partial charge in [0.15, 0.2) is 6.54 Å². The first-order valence-electron chi connectivity index (χ1n) is 8.50. The van der Waals surface area contributed by atoms with Gasteiger partial charge in [-0.05, 0) is 30.3 Å². The molecular weight excluding hydrogens is 384 g/mol. The normalized spacial score (nSPS) is 11.4. The van der Waals surface area contributed by atoms with Gasteiger partial charge in [0.25, 0.3) is 5.91 Å². The fraction of sp³-hybridized carbons (Fsp3) is 0.250. The van der Waals surface area contributed by atoms with Crippen molar-refractivity contribution in [1.82, 2.24) is 0 Å². The summed E-state index contributed by atoms with van der Waals surface area (Å²) < 4.78 is 9.41. The molecule has 7 nitrogen and oxygen atoms in total. The van der Waals surface area contributed by atoms with Crippen LogP contribution in [-0.2, 0) is 20.8 Å². The van der Waals surface area contributed by atoms with E-state index in [0.717, 1.165) is 10.5 Å². The predicted molar refractivity (Wildman–Crippen MR) is 105 cm³/mol. The van der Waals surface area contributed by atoms with E-state index in [-0.39, 0.29) is 29.3 Å². The lowest BCUT2D eigenvalue weighted by molar-refractivity contribution is -0.885. The third-order valence-corrected chi connectivity index (χ3v) is 4.21. The lowest BCUT2D eigenvalue weighted by atomic mass is 10.1. The molecule has 2 N–H and O–H groups in total. The van der Waals surface area contributed by atoms with Gasteiger partial charge in [-0.25, -0.2) is 9.59 Å². The zero-order chi connectivity index (χ0) is 20.7. The summed E-state index contributed by atoms with van der Waals surface area (Å²) in [6.45, 7) is 0.746. The second-order valence-electron chi connectivity index (χ2n) is 6.23. The van der Waals surface area contributed by atoms with Gasteiger partial charge in [0.1, 0.15) is 6.54 Å². The summed E-state index contributed by atoms with van der Waals surface area (Å²) in [6.07, 6.45) is 0. The first kappa shape index (κ1) is 21.4. The Balaban J connectivity index is 2.12. The van der Waals surface area contributed by atoms with E-state index < -0.39 is 11.9 Å². The third kappa shape index (κ3) is 5.80. The number of likely N-dealkylation sites (N-methyl/N-ethyl adjacent to an activating group) is 1. The molecule has 0 aromatic heterocycles. The number of nitrogens with one attached hydrogen (secondary N) is 2. The lowest BCUT2D eigenvalue weighted by Gasteiger charge is -2.15. The molecule has 1 unspecified atom stereocenters. The van der Waals surface area contributed by atoms with Crippen molar-refractivity contribution >= 4 is 35.1 Å². The molecule has 8 heteroatoms. The SMILES string of the molecule is COC(=O)c1ccc(C(=O)OC)c(NC(=O)C[NH+](C)Cc2cccc(Cl)c2)c1. The minimum atomic E-state index is -0.619. The first-order valence-corrected chi connectivity index (χ1v) is 8.88. The van der Waals surface area contributed by atoms with Crippen molar-refractivity contribution in [1.29, 1.82) is 0 Å². The van der Waals surface area contributed by atoms with Crippen LogP contribution in [0.3, 0.4) is 0 Å². The van der Waals surface area contributed by atoms with Gasteiger partial charge in [-0.2, -0.15) is 0 Å². The number of hydrogen-bond donors (Lipinski definition) is 2. The zero-order valence-corrected chi connectivity index (χ0v) is 16.6. The molecule has 2 aromatic rings. The van der Waals surface area contributed by atoms with Gasteiger partial charge in [-0.3, -0.25) is 4.79 Å². The van der Waals surface area contributed by atoms with Crippen molar-refractivity contribution in [2.75, 3.05) is 33.1 Å². The summed E-state index contributed by atoms with van der Waals surface area (Å²) in [7, 11) is 4.36. The Labute approximate surface area is 168 Å². The van der Waals surface area contributed by atoms with Crippen LogP contribution in [0.15, 0.2) is 42.5 Å². The number of ether oxygens (including phenoxy) is 2. The Hall–Kier alpha value is -2.90. The number of carbonyl (C=O) groups is 3. The Kier molecular flexibility index (Phi) is 7.54. The Morgan fingerprint density at radius 2 is 1.75 bits per heavy atom. The van der Waals surface area contributed by atoms with Crippen LogP contribution in [0.25, 0.3) is 0 Å². The molecule has 0 aliphatic rings. The second-order valence-corrected chi connectivity index (χ2v) is 6.67. The number of rotatable bonds is 7. The molecule has 0 aliphatic heterocycles. The average Bonchev–Trinajstić information content (AvgIpc) is 2.66. The third-order valence-electron chi connectivity index (χ3n) is 3.98. The highest BCUT2D eigenvalue weighted by Crippen LogP contribution is 2.19. The van der Waals surface area contributed by atoms with E-state index in [1.165, 1.54) is 32.4 Å². The van der Waals surface area contributed by atoms with Gasteiger partial charge in [-0.1, -0.05) is 23.7 Å². The Morgan fingerprint density at radius 1 is 1.04 bits per heavy atom. The molecule has 0 spiro atoms. The molecule has 0 saturated heterocycles. The fourth-order valence-electron chi connectivity index (χ4n) is 2.71. The van der Waals surface area contributed by atoms with Crippen molar-refractivity contribution < 1.29 is 28.8 Å². The van der Waals surface area contributed by atoms with Crippen LogP contribution in [-0.4, -0.2) is 45.7 Å². The summed E-state index contributed by atoms with van der Waals surface area (Å²) in [5, 5.41) is 3.31. The molecule has 148 valence electrons. The number of benzene rings is 2. The number of hydrogen-bond acceptors (Lipinski definition) is 5. The van der Waals surface area contributed by atoms with Crippen molar-refractivity contribution in [3.8, 4) is 0 Å². The number of anilines is 1. The minimum absolute atomic E-state index is 0.148. The molecule has 2 rings (SSSR count). The maximum Gasteiger partial charge on any atom is 0.339 e. The smallest absolute Gasteiger partial charge is 0.339 e. The van der Waals surface area contributed by atoms with Crippen LogP contribution in [0.2, 0.25) is 5.02 Å². The van der Waals surface area contributed by atoms with Crippen molar-refractivity contribution in [2.45, 2.75) is 6.54 Å². The maximum atomic E-state index is 12.5. The van der Waals surface area contributed by atoms with E-state index in [0.29, 0.717) is 11.6 Å². The Bertz CT molecular complexity index is 885. The summed E-state index contributed by atoms with van der Waals surface area (Å²) in [6, 6.07) is 11.7. The molecule has 1 amide bonds. The topological polar surface area (TPSA) is 86.1 Å². The molecule has 0 aliphatic carbocycles. The number of quaternary nitrogens is 1. The molecule has 0 radical (unpaired) electrons. The summed E-state index contributed by atoms with van der Waals surface area (Å²) >= 11 is 5.98. The number of methoxy groups -OCH3 is 2. The van der Waals surface area contributed by atoms with Crippen molar-refractivity contribution in [3.05, 3.63) is 64.2 Å². The van der Waals surface area contributed by atoms with E-state index in [9.17, 15) is 14.4 Å². The number of amides is 1. The molecule has 28 heavy (non-hydrogen) atoms. The minimum Gasteiger partial charge on any atom is -0.465 e. The van der Waals surface area contributed by atoms with Crippen LogP contribution < -0.4 is 10.2 Å². The van der Waals surface area contributed by atoms with Crippen LogP contribution in [0.1, 0.15) is 26.3 Å². The standard InChI is InChI=1S/C20H21ClN2O5/c1-23(11-13-5-4-6-15(21)9-13)12-18(24)22-17-10-14(19(25)27-2)7-8-16(17)20(26)28-3/h4-10H,11-12H2,1-3H3,(H,22,24)/p+1. The molecule has 0 saturated carbocycles. The fourth-order valence-corrected chi connectivity index (χ4v) is 2.92. The highest BCUT2D eigenvalue weighted by molar-refractivity contribution is 6.30. The summed E-state index contributed by atoms with van der Waals surface area (Å²) in [4.78, 5) is 37.1. The van der Waals surface area contributed by atoms with Gasteiger partial charge >= 0.3 is 11.9 Å². The van der Waals surface area contributed by atoms with E-state index in [2.05, 4.69) is 10.1 Å². The van der Waals surface area contributed by atoms with Gasteiger partial charge in [0, 0.05) is 10.6 Å². The van der Waals surface area contributed by atoms with Gasteiger partial charge in [0.2, 0.25) is 0 Å². The molecule has 0 fully saturated rings. The Morgan fingerprint density at radius 3 is 2.39 bits per heavy atom. The quantitative estimate of drug-likeness (QED) is 0.683. The van der Waals surface area contributed by atoms with Gasteiger partial charge in [-0.15, -0.1) is 0 Å². The summed E-state index contributed by atoms with van der Waals surface area (Å²) in [5.41, 5.74) is 1.55. The van der Waals surface area contributed by atoms with Crippen molar-refractivity contribution in [3.63, 3.8) is 0 Å². The van der Waals surface area contributed by atoms with E-state index in [4.69, 9.17) is 16.3 Å². The monoisotopic (exact) mass is 405 g/mol. The molecular formula is C20H22ClN2O5+. The van der Waals surface area contributed by atoms with E-state index in [1.54, 1.807) is 6.07 Å².